The van der Waals surface area contributed by atoms with Gasteiger partial charge < -0.3 is 20.5 Å². The van der Waals surface area contributed by atoms with Gasteiger partial charge in [0, 0.05) is 26.3 Å². The van der Waals surface area contributed by atoms with Crippen molar-refractivity contribution in [1.82, 2.24) is 14.9 Å². The number of carbonyl (C=O) groups excluding carboxylic acids is 1. The van der Waals surface area contributed by atoms with Gasteiger partial charge in [0.2, 0.25) is 5.91 Å². The van der Waals surface area contributed by atoms with Gasteiger partial charge in [-0.3, -0.25) is 9.59 Å². The molecule has 0 bridgehead atoms. The molecule has 0 saturated carbocycles. The van der Waals surface area contributed by atoms with Crippen molar-refractivity contribution in [3.05, 3.63) is 22.2 Å². The van der Waals surface area contributed by atoms with E-state index >= 15 is 0 Å². The normalized spacial score (nSPS) is 16.0. The number of nitrogens with zero attached hydrogens (tertiary/aromatic N) is 3. The van der Waals surface area contributed by atoms with Gasteiger partial charge in [0.1, 0.15) is 0 Å². The standard InChI is InChI=1S/C12H19N5O2/c1-16-5-6-17(8-10(16)18)11-12(19)14-7-9(15-11)3-2-4-13/h7H,2-6,8,13H2,1H3,(H,14,19). The summed E-state index contributed by atoms with van der Waals surface area (Å²) in [6.45, 7) is 2.02. The largest absolute Gasteiger partial charge is 0.342 e. The number of rotatable bonds is 4. The third kappa shape index (κ3) is 3.11. The highest BCUT2D eigenvalue weighted by atomic mass is 16.2. The lowest BCUT2D eigenvalue weighted by atomic mass is 10.2. The van der Waals surface area contributed by atoms with Gasteiger partial charge in [-0.1, -0.05) is 0 Å². The Balaban J connectivity index is 2.19. The second-order valence-corrected chi connectivity index (χ2v) is 4.67. The predicted molar refractivity (Wildman–Crippen MR) is 72.1 cm³/mol. The highest BCUT2D eigenvalue weighted by molar-refractivity contribution is 5.82. The molecule has 1 aromatic heterocycles. The van der Waals surface area contributed by atoms with E-state index in [1.54, 1.807) is 23.0 Å². The molecule has 0 atom stereocenters. The molecule has 0 radical (unpaired) electrons. The van der Waals surface area contributed by atoms with Crippen molar-refractivity contribution >= 4 is 11.7 Å². The van der Waals surface area contributed by atoms with Crippen molar-refractivity contribution in [2.24, 2.45) is 5.73 Å². The van der Waals surface area contributed by atoms with Gasteiger partial charge in [0.05, 0.1) is 12.2 Å². The molecule has 0 aliphatic carbocycles. The van der Waals surface area contributed by atoms with Crippen molar-refractivity contribution < 1.29 is 4.79 Å². The quantitative estimate of drug-likeness (QED) is 0.723. The Morgan fingerprint density at radius 2 is 2.21 bits per heavy atom. The van der Waals surface area contributed by atoms with Crippen LogP contribution in [-0.2, 0) is 11.2 Å². The number of hydrogen-bond donors (Lipinski definition) is 2. The molecule has 1 aliphatic heterocycles. The Labute approximate surface area is 111 Å². The number of hydrogen-bond acceptors (Lipinski definition) is 5. The Kier molecular flexibility index (Phi) is 4.16. The maximum absolute atomic E-state index is 11.8. The number of anilines is 1. The van der Waals surface area contributed by atoms with E-state index in [1.807, 2.05) is 0 Å². The lowest BCUT2D eigenvalue weighted by molar-refractivity contribution is -0.129. The van der Waals surface area contributed by atoms with E-state index in [-0.39, 0.29) is 18.0 Å². The fraction of sp³-hybridized carbons (Fsp3) is 0.583. The molecular weight excluding hydrogens is 246 g/mol. The van der Waals surface area contributed by atoms with E-state index in [2.05, 4.69) is 9.97 Å². The summed E-state index contributed by atoms with van der Waals surface area (Å²) < 4.78 is 0. The van der Waals surface area contributed by atoms with Gasteiger partial charge in [-0.25, -0.2) is 4.98 Å². The number of aromatic amines is 1. The highest BCUT2D eigenvalue weighted by Crippen LogP contribution is 2.10. The van der Waals surface area contributed by atoms with Crippen LogP contribution in [0.1, 0.15) is 12.1 Å². The van der Waals surface area contributed by atoms with Gasteiger partial charge in [-0.15, -0.1) is 0 Å². The van der Waals surface area contributed by atoms with Crippen LogP contribution in [-0.4, -0.2) is 54.0 Å². The number of aromatic nitrogens is 2. The van der Waals surface area contributed by atoms with Crippen molar-refractivity contribution in [3.8, 4) is 0 Å². The van der Waals surface area contributed by atoms with Gasteiger partial charge in [0.15, 0.2) is 5.82 Å². The smallest absolute Gasteiger partial charge is 0.290 e. The summed E-state index contributed by atoms with van der Waals surface area (Å²) in [7, 11) is 1.76. The Morgan fingerprint density at radius 3 is 2.89 bits per heavy atom. The topological polar surface area (TPSA) is 95.3 Å². The summed E-state index contributed by atoms with van der Waals surface area (Å²) >= 11 is 0. The van der Waals surface area contributed by atoms with Crippen LogP contribution >= 0.6 is 0 Å². The summed E-state index contributed by atoms with van der Waals surface area (Å²) in [4.78, 5) is 33.9. The molecule has 1 fully saturated rings. The molecule has 1 saturated heterocycles. The Morgan fingerprint density at radius 1 is 1.42 bits per heavy atom. The zero-order valence-electron chi connectivity index (χ0n) is 11.1. The fourth-order valence-corrected chi connectivity index (χ4v) is 2.00. The second kappa shape index (κ2) is 5.83. The van der Waals surface area contributed by atoms with E-state index in [0.29, 0.717) is 25.5 Å². The summed E-state index contributed by atoms with van der Waals surface area (Å²) in [5.74, 6) is 0.329. The third-order valence-corrected chi connectivity index (χ3v) is 3.22. The van der Waals surface area contributed by atoms with Crippen molar-refractivity contribution in [2.75, 3.05) is 38.1 Å². The first-order valence-corrected chi connectivity index (χ1v) is 6.39. The van der Waals surface area contributed by atoms with Crippen LogP contribution in [0.5, 0.6) is 0 Å². The number of amides is 1. The summed E-state index contributed by atoms with van der Waals surface area (Å²) in [5, 5.41) is 0. The molecule has 1 aliphatic rings. The average Bonchev–Trinajstić information content (AvgIpc) is 2.41. The Hall–Kier alpha value is -1.89. The van der Waals surface area contributed by atoms with Crippen molar-refractivity contribution in [2.45, 2.75) is 12.8 Å². The zero-order valence-corrected chi connectivity index (χ0v) is 11.1. The maximum atomic E-state index is 11.8. The van der Waals surface area contributed by atoms with Gasteiger partial charge in [-0.05, 0) is 19.4 Å². The molecule has 2 heterocycles. The summed E-state index contributed by atoms with van der Waals surface area (Å²) in [6.07, 6.45) is 3.15. The monoisotopic (exact) mass is 265 g/mol. The molecule has 19 heavy (non-hydrogen) atoms. The third-order valence-electron chi connectivity index (χ3n) is 3.22. The number of carbonyl (C=O) groups is 1. The van der Waals surface area contributed by atoms with Crippen molar-refractivity contribution in [1.29, 1.82) is 0 Å². The van der Waals surface area contributed by atoms with Crippen LogP contribution in [0.3, 0.4) is 0 Å². The lowest BCUT2D eigenvalue weighted by Crippen LogP contribution is -2.50. The number of aryl methyl sites for hydroxylation is 1. The molecule has 0 unspecified atom stereocenters. The molecular formula is C12H19N5O2. The average molecular weight is 265 g/mol. The first-order valence-electron chi connectivity index (χ1n) is 6.39. The first kappa shape index (κ1) is 13.5. The molecule has 1 aromatic rings. The number of H-pyrrole nitrogens is 1. The molecule has 1 amide bonds. The molecule has 0 aromatic carbocycles. The van der Waals surface area contributed by atoms with Gasteiger partial charge in [-0.2, -0.15) is 0 Å². The van der Waals surface area contributed by atoms with Crippen LogP contribution in [0, 0.1) is 0 Å². The first-order chi connectivity index (χ1) is 9.11. The van der Waals surface area contributed by atoms with Crippen LogP contribution in [0.4, 0.5) is 5.82 Å². The predicted octanol–water partition coefficient (Wildman–Crippen LogP) is -1.06. The van der Waals surface area contributed by atoms with Crippen LogP contribution in [0.15, 0.2) is 11.0 Å². The minimum absolute atomic E-state index is 0.000175. The number of nitrogens with one attached hydrogen (secondary N) is 1. The van der Waals surface area contributed by atoms with Gasteiger partial charge >= 0.3 is 0 Å². The maximum Gasteiger partial charge on any atom is 0.290 e. The Bertz CT molecular complexity index is 513. The zero-order chi connectivity index (χ0) is 13.8. The fourth-order valence-electron chi connectivity index (χ4n) is 2.00. The molecule has 7 heteroatoms. The minimum atomic E-state index is -0.256. The van der Waals surface area contributed by atoms with E-state index in [1.165, 1.54) is 0 Å². The number of piperazine rings is 1. The van der Waals surface area contributed by atoms with E-state index < -0.39 is 0 Å². The summed E-state index contributed by atoms with van der Waals surface area (Å²) in [5.41, 5.74) is 6.00. The second-order valence-electron chi connectivity index (χ2n) is 4.67. The number of likely N-dealkylation sites (N-methyl/N-ethyl adjacent to an activating group) is 1. The van der Waals surface area contributed by atoms with Crippen molar-refractivity contribution in [3.63, 3.8) is 0 Å². The van der Waals surface area contributed by atoms with E-state index in [0.717, 1.165) is 18.5 Å². The SMILES string of the molecule is CN1CCN(c2nc(CCCN)c[nH]c2=O)CC1=O. The highest BCUT2D eigenvalue weighted by Gasteiger charge is 2.23. The molecule has 2 rings (SSSR count). The van der Waals surface area contributed by atoms with Crippen LogP contribution in [0.2, 0.25) is 0 Å². The van der Waals surface area contributed by atoms with E-state index in [4.69, 9.17) is 5.73 Å². The summed E-state index contributed by atoms with van der Waals surface area (Å²) in [6, 6.07) is 0. The molecule has 104 valence electrons. The molecule has 0 spiro atoms. The lowest BCUT2D eigenvalue weighted by Gasteiger charge is -2.32. The van der Waals surface area contributed by atoms with E-state index in [9.17, 15) is 9.59 Å². The molecule has 3 N–H and O–H groups in total. The molecule has 7 nitrogen and oxygen atoms in total. The minimum Gasteiger partial charge on any atom is -0.342 e. The van der Waals surface area contributed by atoms with Gasteiger partial charge in [0.25, 0.3) is 5.56 Å². The number of nitrogens with two attached hydrogens (primary N) is 1. The van der Waals surface area contributed by atoms with Crippen LogP contribution in [0.25, 0.3) is 0 Å². The van der Waals surface area contributed by atoms with Crippen LogP contribution < -0.4 is 16.2 Å².